The van der Waals surface area contributed by atoms with Gasteiger partial charge in [0.25, 0.3) is 0 Å². The first-order valence-corrected chi connectivity index (χ1v) is 7.16. The second-order valence-corrected chi connectivity index (χ2v) is 5.99. The zero-order valence-corrected chi connectivity index (χ0v) is 12.2. The van der Waals surface area contributed by atoms with Gasteiger partial charge in [0.2, 0.25) is 0 Å². The Balaban J connectivity index is 2.38. The third-order valence-electron chi connectivity index (χ3n) is 3.43. The summed E-state index contributed by atoms with van der Waals surface area (Å²) in [6.07, 6.45) is 3.85. The lowest BCUT2D eigenvalue weighted by atomic mass is 9.96. The van der Waals surface area contributed by atoms with E-state index in [0.29, 0.717) is 6.54 Å². The highest BCUT2D eigenvalue weighted by atomic mass is 32.1. The van der Waals surface area contributed by atoms with Crippen molar-refractivity contribution in [2.24, 2.45) is 5.73 Å². The number of nitrogens with two attached hydrogens (primary N) is 1. The molecule has 3 nitrogen and oxygen atoms in total. The average Bonchev–Trinajstić information content (AvgIpc) is 2.89. The molecule has 1 aromatic carbocycles. The second-order valence-electron chi connectivity index (χ2n) is 4.93. The zero-order chi connectivity index (χ0) is 13.6. The number of nitrogens with zero attached hydrogens (tertiary/aromatic N) is 2. The van der Waals surface area contributed by atoms with E-state index in [-0.39, 0.29) is 0 Å². The maximum absolute atomic E-state index is 5.91. The average molecular weight is 271 g/mol. The van der Waals surface area contributed by atoms with Crippen LogP contribution in [-0.2, 0) is 6.54 Å². The molecular formula is C15H17N3S. The Morgan fingerprint density at radius 3 is 2.53 bits per heavy atom. The van der Waals surface area contributed by atoms with E-state index in [1.54, 1.807) is 11.3 Å². The standard InChI is InChI=1S/C15H17N3S/c1-9-6-10(2)13(11(3)7-9)14-12(8-16)19-15-17-4-5-18(14)15/h4-7H,8,16H2,1-3H3. The first-order valence-electron chi connectivity index (χ1n) is 6.35. The van der Waals surface area contributed by atoms with Gasteiger partial charge in [-0.25, -0.2) is 4.98 Å². The van der Waals surface area contributed by atoms with Crippen LogP contribution in [0.3, 0.4) is 0 Å². The number of aryl methyl sites for hydroxylation is 3. The van der Waals surface area contributed by atoms with Gasteiger partial charge in [-0.1, -0.05) is 29.0 Å². The molecule has 0 aliphatic rings. The molecule has 0 unspecified atom stereocenters. The maximum Gasteiger partial charge on any atom is 0.194 e. The predicted molar refractivity (Wildman–Crippen MR) is 80.6 cm³/mol. The van der Waals surface area contributed by atoms with Crippen molar-refractivity contribution < 1.29 is 0 Å². The minimum Gasteiger partial charge on any atom is -0.326 e. The van der Waals surface area contributed by atoms with Gasteiger partial charge in [0.15, 0.2) is 4.96 Å². The van der Waals surface area contributed by atoms with Gasteiger partial charge in [0, 0.05) is 29.4 Å². The van der Waals surface area contributed by atoms with E-state index in [9.17, 15) is 0 Å². The first-order chi connectivity index (χ1) is 9.11. The molecule has 3 rings (SSSR count). The van der Waals surface area contributed by atoms with Crippen molar-refractivity contribution in [2.45, 2.75) is 27.3 Å². The van der Waals surface area contributed by atoms with Crippen LogP contribution in [0, 0.1) is 20.8 Å². The van der Waals surface area contributed by atoms with Crippen molar-refractivity contribution in [1.82, 2.24) is 9.38 Å². The monoisotopic (exact) mass is 271 g/mol. The predicted octanol–water partition coefficient (Wildman–Crippen LogP) is 3.45. The molecule has 0 fully saturated rings. The summed E-state index contributed by atoms with van der Waals surface area (Å²) < 4.78 is 2.15. The molecule has 0 amide bonds. The van der Waals surface area contributed by atoms with Crippen molar-refractivity contribution >= 4 is 16.3 Å². The number of hydrogen-bond donors (Lipinski definition) is 1. The maximum atomic E-state index is 5.91. The topological polar surface area (TPSA) is 43.3 Å². The summed E-state index contributed by atoms with van der Waals surface area (Å²) >= 11 is 1.67. The molecule has 2 aromatic heterocycles. The molecule has 0 saturated heterocycles. The zero-order valence-electron chi connectivity index (χ0n) is 11.4. The van der Waals surface area contributed by atoms with Crippen molar-refractivity contribution in [3.63, 3.8) is 0 Å². The van der Waals surface area contributed by atoms with Crippen LogP contribution in [0.15, 0.2) is 24.5 Å². The van der Waals surface area contributed by atoms with Crippen LogP contribution in [0.4, 0.5) is 0 Å². The fraction of sp³-hybridized carbons (Fsp3) is 0.267. The number of benzene rings is 1. The fourth-order valence-corrected chi connectivity index (χ4v) is 3.74. The van der Waals surface area contributed by atoms with Crippen molar-refractivity contribution in [1.29, 1.82) is 0 Å². The van der Waals surface area contributed by atoms with Gasteiger partial charge in [0.1, 0.15) is 0 Å². The first kappa shape index (κ1) is 12.4. The van der Waals surface area contributed by atoms with Crippen LogP contribution in [0.25, 0.3) is 16.2 Å². The Hall–Kier alpha value is -1.65. The molecule has 0 atom stereocenters. The molecular weight excluding hydrogens is 254 g/mol. The molecule has 0 saturated carbocycles. The Labute approximate surface area is 116 Å². The van der Waals surface area contributed by atoms with Gasteiger partial charge < -0.3 is 5.73 Å². The highest BCUT2D eigenvalue weighted by Crippen LogP contribution is 2.35. The number of hydrogen-bond acceptors (Lipinski definition) is 3. The van der Waals surface area contributed by atoms with E-state index in [1.165, 1.54) is 32.8 Å². The lowest BCUT2D eigenvalue weighted by Gasteiger charge is -2.12. The van der Waals surface area contributed by atoms with Crippen LogP contribution in [0.1, 0.15) is 21.6 Å². The van der Waals surface area contributed by atoms with Gasteiger partial charge in [-0.15, -0.1) is 0 Å². The Kier molecular flexibility index (Phi) is 2.92. The van der Waals surface area contributed by atoms with Crippen molar-refractivity contribution in [3.05, 3.63) is 46.1 Å². The van der Waals surface area contributed by atoms with Crippen LogP contribution in [0.5, 0.6) is 0 Å². The summed E-state index contributed by atoms with van der Waals surface area (Å²) in [5.74, 6) is 0. The molecule has 2 heterocycles. The van der Waals surface area contributed by atoms with Gasteiger partial charge in [-0.2, -0.15) is 0 Å². The van der Waals surface area contributed by atoms with E-state index in [1.807, 2.05) is 12.4 Å². The third kappa shape index (κ3) is 1.88. The Morgan fingerprint density at radius 1 is 1.21 bits per heavy atom. The molecule has 0 spiro atoms. The molecule has 3 aromatic rings. The summed E-state index contributed by atoms with van der Waals surface area (Å²) in [4.78, 5) is 6.58. The Bertz CT molecular complexity index is 729. The van der Waals surface area contributed by atoms with Gasteiger partial charge in [-0.3, -0.25) is 4.40 Å². The van der Waals surface area contributed by atoms with E-state index < -0.39 is 0 Å². The molecule has 19 heavy (non-hydrogen) atoms. The lowest BCUT2D eigenvalue weighted by molar-refractivity contribution is 1.08. The number of rotatable bonds is 2. The van der Waals surface area contributed by atoms with Crippen LogP contribution in [0.2, 0.25) is 0 Å². The fourth-order valence-electron chi connectivity index (χ4n) is 2.78. The van der Waals surface area contributed by atoms with Crippen molar-refractivity contribution in [3.8, 4) is 11.3 Å². The molecule has 0 bridgehead atoms. The van der Waals surface area contributed by atoms with E-state index >= 15 is 0 Å². The molecule has 0 radical (unpaired) electrons. The lowest BCUT2D eigenvalue weighted by Crippen LogP contribution is -2.00. The van der Waals surface area contributed by atoms with Crippen LogP contribution in [-0.4, -0.2) is 9.38 Å². The van der Waals surface area contributed by atoms with Gasteiger partial charge >= 0.3 is 0 Å². The third-order valence-corrected chi connectivity index (χ3v) is 4.52. The molecule has 98 valence electrons. The van der Waals surface area contributed by atoms with Gasteiger partial charge in [-0.05, 0) is 31.9 Å². The van der Waals surface area contributed by atoms with Crippen molar-refractivity contribution in [2.75, 3.05) is 0 Å². The number of fused-ring (bicyclic) bond motifs is 1. The SMILES string of the molecule is Cc1cc(C)c(-c2c(CN)sc3nccn23)c(C)c1. The minimum atomic E-state index is 0.552. The normalized spacial score (nSPS) is 11.4. The smallest absolute Gasteiger partial charge is 0.194 e. The molecule has 4 heteroatoms. The molecule has 0 aliphatic heterocycles. The highest BCUT2D eigenvalue weighted by Gasteiger charge is 2.17. The summed E-state index contributed by atoms with van der Waals surface area (Å²) in [6, 6.07) is 4.45. The Morgan fingerprint density at radius 2 is 1.89 bits per heavy atom. The van der Waals surface area contributed by atoms with Gasteiger partial charge in [0.05, 0.1) is 5.69 Å². The van der Waals surface area contributed by atoms with Crippen LogP contribution < -0.4 is 5.73 Å². The molecule has 2 N–H and O–H groups in total. The van der Waals surface area contributed by atoms with E-state index in [4.69, 9.17) is 5.73 Å². The highest BCUT2D eigenvalue weighted by molar-refractivity contribution is 7.17. The summed E-state index contributed by atoms with van der Waals surface area (Å²) in [7, 11) is 0. The minimum absolute atomic E-state index is 0.552. The number of aromatic nitrogens is 2. The van der Waals surface area contributed by atoms with E-state index in [0.717, 1.165) is 4.96 Å². The summed E-state index contributed by atoms with van der Waals surface area (Å²) in [5.41, 5.74) is 12.3. The second kappa shape index (κ2) is 4.47. The largest absolute Gasteiger partial charge is 0.326 e. The summed E-state index contributed by atoms with van der Waals surface area (Å²) in [6.45, 7) is 7.01. The summed E-state index contributed by atoms with van der Waals surface area (Å²) in [5, 5.41) is 0. The molecule has 0 aliphatic carbocycles. The van der Waals surface area contributed by atoms with Crippen LogP contribution >= 0.6 is 11.3 Å². The quantitative estimate of drug-likeness (QED) is 0.776. The van der Waals surface area contributed by atoms with E-state index in [2.05, 4.69) is 42.3 Å². The number of imidazole rings is 1. The number of thiazole rings is 1.